The summed E-state index contributed by atoms with van der Waals surface area (Å²) in [5.74, 6) is 2.06. The van der Waals surface area contributed by atoms with E-state index in [1.54, 1.807) is 18.2 Å². The van der Waals surface area contributed by atoms with Gasteiger partial charge >= 0.3 is 6.03 Å². The molecule has 0 spiro atoms. The second-order valence-corrected chi connectivity index (χ2v) is 6.67. The number of carbonyl (C=O) groups excluding carboxylic acids is 1. The second-order valence-electron chi connectivity index (χ2n) is 6.67. The molecule has 2 amide bonds. The van der Waals surface area contributed by atoms with Gasteiger partial charge < -0.3 is 24.3 Å². The Kier molecular flexibility index (Phi) is 6.23. The smallest absolute Gasteiger partial charge is 0.317 e. The SMILES string of the molecule is COCCNC(=O)N1CCN(c2ncccc2-c2nnc(C(C)C)o2)CC1. The highest BCUT2D eigenvalue weighted by molar-refractivity contribution is 5.75. The lowest BCUT2D eigenvalue weighted by molar-refractivity contribution is 0.177. The third-order valence-electron chi connectivity index (χ3n) is 4.40. The first kappa shape index (κ1) is 19.1. The van der Waals surface area contributed by atoms with Crippen LogP contribution < -0.4 is 10.2 Å². The van der Waals surface area contributed by atoms with Crippen molar-refractivity contribution in [3.05, 3.63) is 24.2 Å². The topological polar surface area (TPSA) is 96.6 Å². The normalized spacial score (nSPS) is 14.7. The number of hydrogen-bond donors (Lipinski definition) is 1. The number of nitrogens with one attached hydrogen (secondary N) is 1. The molecule has 1 aliphatic rings. The van der Waals surface area contributed by atoms with Crippen LogP contribution >= 0.6 is 0 Å². The fourth-order valence-corrected chi connectivity index (χ4v) is 2.89. The number of carbonyl (C=O) groups is 1. The van der Waals surface area contributed by atoms with Crippen LogP contribution in [0.15, 0.2) is 22.7 Å². The van der Waals surface area contributed by atoms with Gasteiger partial charge in [-0.2, -0.15) is 0 Å². The number of nitrogens with zero attached hydrogens (tertiary/aromatic N) is 5. The minimum atomic E-state index is -0.0635. The second kappa shape index (κ2) is 8.81. The van der Waals surface area contributed by atoms with E-state index in [4.69, 9.17) is 9.15 Å². The maximum atomic E-state index is 12.2. The number of amides is 2. The van der Waals surface area contributed by atoms with Gasteiger partial charge in [0.1, 0.15) is 5.82 Å². The molecule has 1 fully saturated rings. The highest BCUT2D eigenvalue weighted by Crippen LogP contribution is 2.29. The molecule has 0 atom stereocenters. The van der Waals surface area contributed by atoms with Crippen LogP contribution in [-0.2, 0) is 4.74 Å². The number of pyridine rings is 1. The summed E-state index contributed by atoms with van der Waals surface area (Å²) in [5, 5.41) is 11.1. The highest BCUT2D eigenvalue weighted by atomic mass is 16.5. The van der Waals surface area contributed by atoms with Crippen LogP contribution in [0.4, 0.5) is 10.6 Å². The lowest BCUT2D eigenvalue weighted by atomic mass is 10.2. The predicted molar refractivity (Wildman–Crippen MR) is 101 cm³/mol. The Labute approximate surface area is 158 Å². The van der Waals surface area contributed by atoms with E-state index >= 15 is 0 Å². The minimum Gasteiger partial charge on any atom is -0.420 e. The summed E-state index contributed by atoms with van der Waals surface area (Å²) in [6, 6.07) is 3.73. The first-order valence-corrected chi connectivity index (χ1v) is 9.15. The highest BCUT2D eigenvalue weighted by Gasteiger charge is 2.25. The molecule has 2 aromatic rings. The van der Waals surface area contributed by atoms with Crippen molar-refractivity contribution in [3.63, 3.8) is 0 Å². The van der Waals surface area contributed by atoms with Gasteiger partial charge in [0.05, 0.1) is 12.2 Å². The van der Waals surface area contributed by atoms with Gasteiger partial charge in [-0.1, -0.05) is 13.8 Å². The van der Waals surface area contributed by atoms with Crippen LogP contribution in [0, 0.1) is 0 Å². The summed E-state index contributed by atoms with van der Waals surface area (Å²) in [7, 11) is 1.61. The molecule has 0 saturated carbocycles. The summed E-state index contributed by atoms with van der Waals surface area (Å²) in [4.78, 5) is 20.6. The van der Waals surface area contributed by atoms with E-state index in [-0.39, 0.29) is 11.9 Å². The predicted octanol–water partition coefficient (Wildman–Crippen LogP) is 1.73. The fourth-order valence-electron chi connectivity index (χ4n) is 2.89. The number of rotatable bonds is 6. The largest absolute Gasteiger partial charge is 0.420 e. The molecular formula is C18H26N6O3. The number of aromatic nitrogens is 3. The van der Waals surface area contributed by atoms with Crippen LogP contribution in [0.1, 0.15) is 25.7 Å². The molecule has 2 aromatic heterocycles. The van der Waals surface area contributed by atoms with Gasteiger partial charge in [-0.05, 0) is 12.1 Å². The Bertz CT molecular complexity index is 755. The van der Waals surface area contributed by atoms with Crippen molar-refractivity contribution >= 4 is 11.8 Å². The van der Waals surface area contributed by atoms with E-state index in [1.165, 1.54) is 0 Å². The van der Waals surface area contributed by atoms with E-state index in [9.17, 15) is 4.79 Å². The average molecular weight is 374 g/mol. The molecule has 0 bridgehead atoms. The fraction of sp³-hybridized carbons (Fsp3) is 0.556. The summed E-state index contributed by atoms with van der Waals surface area (Å²) >= 11 is 0. The van der Waals surface area contributed by atoms with Crippen molar-refractivity contribution in [3.8, 4) is 11.5 Å². The molecule has 3 rings (SSSR count). The molecule has 0 aliphatic carbocycles. The maximum absolute atomic E-state index is 12.2. The molecule has 27 heavy (non-hydrogen) atoms. The summed E-state index contributed by atoms with van der Waals surface area (Å²) in [5.41, 5.74) is 0.815. The van der Waals surface area contributed by atoms with Crippen LogP contribution in [0.5, 0.6) is 0 Å². The van der Waals surface area contributed by atoms with Crippen molar-refractivity contribution < 1.29 is 13.9 Å². The summed E-state index contributed by atoms with van der Waals surface area (Å²) in [6.45, 7) is 7.66. The number of methoxy groups -OCH3 is 1. The van der Waals surface area contributed by atoms with E-state index in [0.717, 1.165) is 11.4 Å². The van der Waals surface area contributed by atoms with E-state index < -0.39 is 0 Å². The molecule has 146 valence electrons. The molecule has 9 heteroatoms. The number of urea groups is 1. The van der Waals surface area contributed by atoms with Crippen LogP contribution in [0.2, 0.25) is 0 Å². The van der Waals surface area contributed by atoms with Gasteiger partial charge in [-0.3, -0.25) is 0 Å². The quantitative estimate of drug-likeness (QED) is 0.769. The summed E-state index contributed by atoms with van der Waals surface area (Å²) in [6.07, 6.45) is 1.75. The molecule has 9 nitrogen and oxygen atoms in total. The monoisotopic (exact) mass is 374 g/mol. The third-order valence-corrected chi connectivity index (χ3v) is 4.40. The Balaban J connectivity index is 1.67. The molecule has 3 heterocycles. The van der Waals surface area contributed by atoms with Gasteiger partial charge in [0.2, 0.25) is 5.89 Å². The van der Waals surface area contributed by atoms with Crippen molar-refractivity contribution in [2.45, 2.75) is 19.8 Å². The molecule has 1 aliphatic heterocycles. The van der Waals surface area contributed by atoms with E-state index in [0.29, 0.717) is 51.1 Å². The average Bonchev–Trinajstić information content (AvgIpc) is 3.19. The van der Waals surface area contributed by atoms with Crippen molar-refractivity contribution in [1.82, 2.24) is 25.4 Å². The van der Waals surface area contributed by atoms with E-state index in [1.807, 2.05) is 26.0 Å². The van der Waals surface area contributed by atoms with Crippen LogP contribution in [0.25, 0.3) is 11.5 Å². The zero-order valence-electron chi connectivity index (χ0n) is 16.0. The summed E-state index contributed by atoms with van der Waals surface area (Å²) < 4.78 is 10.8. The van der Waals surface area contributed by atoms with Crippen molar-refractivity contribution in [2.75, 3.05) is 51.3 Å². The van der Waals surface area contributed by atoms with Gasteiger partial charge in [0.15, 0.2) is 0 Å². The molecular weight excluding hydrogens is 348 g/mol. The third kappa shape index (κ3) is 4.54. The lowest BCUT2D eigenvalue weighted by Gasteiger charge is -2.35. The van der Waals surface area contributed by atoms with Gasteiger partial charge in [0.25, 0.3) is 5.89 Å². The Morgan fingerprint density at radius 3 is 2.74 bits per heavy atom. The van der Waals surface area contributed by atoms with Gasteiger partial charge in [-0.25, -0.2) is 9.78 Å². The number of anilines is 1. The molecule has 1 saturated heterocycles. The minimum absolute atomic E-state index is 0.0635. The van der Waals surface area contributed by atoms with Gasteiger partial charge in [0, 0.05) is 51.9 Å². The lowest BCUT2D eigenvalue weighted by Crippen LogP contribution is -2.52. The van der Waals surface area contributed by atoms with Gasteiger partial charge in [-0.15, -0.1) is 10.2 Å². The molecule has 0 radical (unpaired) electrons. The van der Waals surface area contributed by atoms with E-state index in [2.05, 4.69) is 25.4 Å². The Hall–Kier alpha value is -2.68. The van der Waals surface area contributed by atoms with Crippen LogP contribution in [-0.4, -0.2) is 72.6 Å². The number of hydrogen-bond acceptors (Lipinski definition) is 7. The molecule has 0 aromatic carbocycles. The first-order chi connectivity index (χ1) is 13.1. The molecule has 0 unspecified atom stereocenters. The zero-order chi connectivity index (χ0) is 19.2. The Morgan fingerprint density at radius 1 is 1.30 bits per heavy atom. The zero-order valence-corrected chi connectivity index (χ0v) is 16.0. The Morgan fingerprint density at radius 2 is 2.07 bits per heavy atom. The first-order valence-electron chi connectivity index (χ1n) is 9.15. The van der Waals surface area contributed by atoms with Crippen molar-refractivity contribution in [1.29, 1.82) is 0 Å². The standard InChI is InChI=1S/C18H26N6O3/c1-13(2)16-21-22-17(27-16)14-5-4-6-19-15(14)23-8-10-24(11-9-23)18(25)20-7-12-26-3/h4-6,13H,7-12H2,1-3H3,(H,20,25). The molecule has 1 N–H and O–H groups in total. The number of ether oxygens (including phenoxy) is 1. The maximum Gasteiger partial charge on any atom is 0.317 e. The van der Waals surface area contributed by atoms with Crippen molar-refractivity contribution in [2.24, 2.45) is 0 Å². The van der Waals surface area contributed by atoms with Crippen LogP contribution in [0.3, 0.4) is 0 Å². The number of piperazine rings is 1.